The maximum atomic E-state index is 12.0. The quantitative estimate of drug-likeness (QED) is 0.497. The number of halogens is 1. The maximum absolute atomic E-state index is 12.0. The van der Waals surface area contributed by atoms with Crippen LogP contribution in [0.1, 0.15) is 20.7 Å². The number of hydrogen-bond acceptors (Lipinski definition) is 4. The Balaban J connectivity index is 2.01. The van der Waals surface area contributed by atoms with Crippen molar-refractivity contribution >= 4 is 33.4 Å². The van der Waals surface area contributed by atoms with E-state index < -0.39 is 5.97 Å². The fraction of sp³-hybridized carbons (Fsp3) is 0.0588. The van der Waals surface area contributed by atoms with Gasteiger partial charge < -0.3 is 10.1 Å². The minimum Gasteiger partial charge on any atom is -0.465 e. The third-order valence-electron chi connectivity index (χ3n) is 2.90. The Hall–Kier alpha value is -2.40. The molecule has 0 saturated carbocycles. The molecular formula is C17H14BrNO3. The van der Waals surface area contributed by atoms with E-state index >= 15 is 0 Å². The molecule has 0 bridgehead atoms. The molecule has 0 aromatic heterocycles. The molecule has 5 heteroatoms. The van der Waals surface area contributed by atoms with E-state index in [4.69, 9.17) is 0 Å². The number of carbonyl (C=O) groups is 2. The van der Waals surface area contributed by atoms with E-state index in [0.29, 0.717) is 16.8 Å². The van der Waals surface area contributed by atoms with Crippen LogP contribution in [0.4, 0.5) is 5.69 Å². The maximum Gasteiger partial charge on any atom is 0.337 e. The van der Waals surface area contributed by atoms with Crippen LogP contribution in [0.3, 0.4) is 0 Å². The van der Waals surface area contributed by atoms with E-state index in [9.17, 15) is 9.59 Å². The van der Waals surface area contributed by atoms with Crippen LogP contribution < -0.4 is 5.32 Å². The molecule has 0 aliphatic heterocycles. The molecule has 0 fully saturated rings. The van der Waals surface area contributed by atoms with Gasteiger partial charge in [-0.3, -0.25) is 4.79 Å². The summed E-state index contributed by atoms with van der Waals surface area (Å²) in [5.74, 6) is -0.511. The number of ketones is 1. The first kappa shape index (κ1) is 16.0. The van der Waals surface area contributed by atoms with Crippen molar-refractivity contribution in [3.63, 3.8) is 0 Å². The summed E-state index contributed by atoms with van der Waals surface area (Å²) in [4.78, 5) is 23.4. The Labute approximate surface area is 136 Å². The van der Waals surface area contributed by atoms with E-state index in [1.165, 1.54) is 13.2 Å². The molecule has 0 atom stereocenters. The lowest BCUT2D eigenvalue weighted by atomic mass is 10.1. The van der Waals surface area contributed by atoms with Gasteiger partial charge in [-0.25, -0.2) is 4.79 Å². The highest BCUT2D eigenvalue weighted by Crippen LogP contribution is 2.13. The van der Waals surface area contributed by atoms with Crippen LogP contribution in [-0.4, -0.2) is 18.9 Å². The lowest BCUT2D eigenvalue weighted by Crippen LogP contribution is -2.01. The Morgan fingerprint density at radius 2 is 1.82 bits per heavy atom. The third-order valence-corrected chi connectivity index (χ3v) is 3.43. The molecule has 0 aliphatic rings. The lowest BCUT2D eigenvalue weighted by molar-refractivity contribution is 0.0600. The van der Waals surface area contributed by atoms with E-state index in [0.717, 1.165) is 4.47 Å². The van der Waals surface area contributed by atoms with E-state index in [2.05, 4.69) is 26.0 Å². The predicted octanol–water partition coefficient (Wildman–Crippen LogP) is 4.04. The van der Waals surface area contributed by atoms with Gasteiger partial charge >= 0.3 is 5.97 Å². The van der Waals surface area contributed by atoms with Crippen LogP contribution in [0.15, 0.2) is 65.3 Å². The van der Waals surface area contributed by atoms with Gasteiger partial charge in [0.2, 0.25) is 0 Å². The summed E-state index contributed by atoms with van der Waals surface area (Å²) in [5, 5.41) is 2.96. The summed E-state index contributed by atoms with van der Waals surface area (Å²) >= 11 is 3.32. The third kappa shape index (κ3) is 4.30. The second kappa shape index (κ2) is 7.56. The summed E-state index contributed by atoms with van der Waals surface area (Å²) in [6, 6.07) is 14.0. The summed E-state index contributed by atoms with van der Waals surface area (Å²) in [6.07, 6.45) is 2.98. The molecule has 0 unspecified atom stereocenters. The van der Waals surface area contributed by atoms with Crippen LogP contribution in [0.25, 0.3) is 0 Å². The Kier molecular flexibility index (Phi) is 5.49. The number of methoxy groups -OCH3 is 1. The fourth-order valence-electron chi connectivity index (χ4n) is 1.78. The van der Waals surface area contributed by atoms with Crippen molar-refractivity contribution in [2.75, 3.05) is 12.4 Å². The highest BCUT2D eigenvalue weighted by Gasteiger charge is 2.05. The van der Waals surface area contributed by atoms with Gasteiger partial charge in [-0.1, -0.05) is 22.0 Å². The van der Waals surface area contributed by atoms with Gasteiger partial charge in [0, 0.05) is 28.0 Å². The minimum absolute atomic E-state index is 0.107. The van der Waals surface area contributed by atoms with Gasteiger partial charge in [0.05, 0.1) is 12.7 Å². The number of rotatable bonds is 5. The van der Waals surface area contributed by atoms with Gasteiger partial charge in [0.1, 0.15) is 0 Å². The molecule has 0 radical (unpaired) electrons. The molecule has 22 heavy (non-hydrogen) atoms. The average Bonchev–Trinajstić information content (AvgIpc) is 2.55. The molecule has 112 valence electrons. The van der Waals surface area contributed by atoms with Gasteiger partial charge in [-0.2, -0.15) is 0 Å². The number of esters is 1. The molecular weight excluding hydrogens is 346 g/mol. The summed E-state index contributed by atoms with van der Waals surface area (Å²) < 4.78 is 5.58. The molecule has 2 rings (SSSR count). The monoisotopic (exact) mass is 359 g/mol. The van der Waals surface area contributed by atoms with Crippen LogP contribution in [0.2, 0.25) is 0 Å². The van der Waals surface area contributed by atoms with Crippen molar-refractivity contribution in [2.45, 2.75) is 0 Å². The van der Waals surface area contributed by atoms with Gasteiger partial charge in [0.15, 0.2) is 5.78 Å². The summed E-state index contributed by atoms with van der Waals surface area (Å²) in [5.41, 5.74) is 1.74. The van der Waals surface area contributed by atoms with E-state index in [-0.39, 0.29) is 5.78 Å². The van der Waals surface area contributed by atoms with E-state index in [1.54, 1.807) is 42.6 Å². The fourth-order valence-corrected chi connectivity index (χ4v) is 2.04. The van der Waals surface area contributed by atoms with Crippen molar-refractivity contribution in [2.24, 2.45) is 0 Å². The molecule has 0 saturated heterocycles. The Morgan fingerprint density at radius 1 is 1.09 bits per heavy atom. The van der Waals surface area contributed by atoms with Crippen LogP contribution >= 0.6 is 15.9 Å². The van der Waals surface area contributed by atoms with Gasteiger partial charge in [0.25, 0.3) is 0 Å². The smallest absolute Gasteiger partial charge is 0.337 e. The molecule has 0 aliphatic carbocycles. The first-order valence-corrected chi connectivity index (χ1v) is 7.31. The van der Waals surface area contributed by atoms with Crippen LogP contribution in [0, 0.1) is 0 Å². The minimum atomic E-state index is -0.404. The zero-order valence-corrected chi connectivity index (χ0v) is 13.5. The number of ether oxygens (including phenoxy) is 1. The normalized spacial score (nSPS) is 10.5. The zero-order valence-electron chi connectivity index (χ0n) is 11.9. The molecule has 2 aromatic carbocycles. The first-order valence-electron chi connectivity index (χ1n) is 6.51. The van der Waals surface area contributed by atoms with Crippen LogP contribution in [-0.2, 0) is 4.74 Å². The SMILES string of the molecule is COC(=O)c1cccc(N/C=C/C(=O)c2ccc(Br)cc2)c1. The van der Waals surface area contributed by atoms with Crippen LogP contribution in [0.5, 0.6) is 0 Å². The van der Waals surface area contributed by atoms with Crippen molar-refractivity contribution in [1.82, 2.24) is 0 Å². The number of carbonyl (C=O) groups excluding carboxylic acids is 2. The number of anilines is 1. The molecule has 0 spiro atoms. The molecule has 1 N–H and O–H groups in total. The van der Waals surface area contributed by atoms with Gasteiger partial charge in [-0.15, -0.1) is 0 Å². The van der Waals surface area contributed by atoms with Gasteiger partial charge in [-0.05, 0) is 42.5 Å². The standard InChI is InChI=1S/C17H14BrNO3/c1-22-17(21)13-3-2-4-15(11-13)19-10-9-16(20)12-5-7-14(18)8-6-12/h2-11,19H,1H3/b10-9+. The lowest BCUT2D eigenvalue weighted by Gasteiger charge is -2.03. The molecule has 4 nitrogen and oxygen atoms in total. The van der Waals surface area contributed by atoms with Crippen molar-refractivity contribution < 1.29 is 14.3 Å². The number of hydrogen-bond donors (Lipinski definition) is 1. The average molecular weight is 360 g/mol. The molecule has 2 aromatic rings. The highest BCUT2D eigenvalue weighted by molar-refractivity contribution is 9.10. The summed E-state index contributed by atoms with van der Waals surface area (Å²) in [6.45, 7) is 0. The number of allylic oxidation sites excluding steroid dienone is 1. The number of nitrogens with one attached hydrogen (secondary N) is 1. The molecule has 0 heterocycles. The van der Waals surface area contributed by atoms with Crippen molar-refractivity contribution in [3.05, 3.63) is 76.4 Å². The molecule has 0 amide bonds. The Bertz CT molecular complexity index is 708. The largest absolute Gasteiger partial charge is 0.465 e. The zero-order chi connectivity index (χ0) is 15.9. The first-order chi connectivity index (χ1) is 10.6. The Morgan fingerprint density at radius 3 is 2.50 bits per heavy atom. The van der Waals surface area contributed by atoms with E-state index in [1.807, 2.05) is 12.1 Å². The van der Waals surface area contributed by atoms with Crippen molar-refractivity contribution in [3.8, 4) is 0 Å². The second-order valence-electron chi connectivity index (χ2n) is 4.42. The summed E-state index contributed by atoms with van der Waals surface area (Å²) in [7, 11) is 1.33. The topological polar surface area (TPSA) is 55.4 Å². The van der Waals surface area contributed by atoms with Crippen molar-refractivity contribution in [1.29, 1.82) is 0 Å². The second-order valence-corrected chi connectivity index (χ2v) is 5.34. The predicted molar refractivity (Wildman–Crippen MR) is 89.0 cm³/mol. The highest BCUT2D eigenvalue weighted by atomic mass is 79.9. The number of benzene rings is 2.